The highest BCUT2D eigenvalue weighted by atomic mass is 15.2. The fourth-order valence-corrected chi connectivity index (χ4v) is 8.96. The molecule has 0 aromatic heterocycles. The predicted octanol–water partition coefficient (Wildman–Crippen LogP) is 13.2. The molecule has 0 atom stereocenters. The van der Waals surface area contributed by atoms with E-state index >= 15 is 0 Å². The predicted molar refractivity (Wildman–Crippen MR) is 258 cm³/mol. The molecule has 0 N–H and O–H groups in total. The van der Waals surface area contributed by atoms with E-state index in [4.69, 9.17) is 28.8 Å². The molecular formula is C57H42BN3. The Balaban J connectivity index is 1.12. The van der Waals surface area contributed by atoms with Crippen molar-refractivity contribution in [2.24, 2.45) is 0 Å². The van der Waals surface area contributed by atoms with Gasteiger partial charge in [-0.15, -0.1) is 0 Å². The molecule has 0 unspecified atom stereocenters. The average Bonchev–Trinajstić information content (AvgIpc) is 1.20. The molecule has 0 spiro atoms. The molecule has 2 heterocycles. The lowest BCUT2D eigenvalue weighted by molar-refractivity contribution is 0.660. The Kier molecular flexibility index (Phi) is 4.14. The summed E-state index contributed by atoms with van der Waals surface area (Å²) in [5.41, 5.74) is -1.66. The van der Waals surface area contributed by atoms with E-state index in [9.17, 15) is 5.48 Å². The summed E-state index contributed by atoms with van der Waals surface area (Å²) in [5, 5.41) is 0. The van der Waals surface area contributed by atoms with Crippen LogP contribution < -0.4 is 31.1 Å². The van der Waals surface area contributed by atoms with Crippen LogP contribution in [0, 0.1) is 0 Å². The highest BCUT2D eigenvalue weighted by molar-refractivity contribution is 7.00. The van der Waals surface area contributed by atoms with Gasteiger partial charge in [0.25, 0.3) is 6.71 Å². The van der Waals surface area contributed by atoms with E-state index in [0.717, 1.165) is 11.0 Å². The normalized spacial score (nSPS) is 20.0. The molecule has 0 saturated carbocycles. The van der Waals surface area contributed by atoms with E-state index < -0.39 is 152 Å². The van der Waals surface area contributed by atoms with Crippen LogP contribution in [0.5, 0.6) is 0 Å². The van der Waals surface area contributed by atoms with Crippen molar-refractivity contribution in [2.75, 3.05) is 14.7 Å². The Morgan fingerprint density at radius 1 is 0.459 bits per heavy atom. The Bertz CT molecular complexity index is 4320. The Morgan fingerprint density at radius 2 is 1.10 bits per heavy atom. The second-order valence-electron chi connectivity index (χ2n) is 14.7. The van der Waals surface area contributed by atoms with Crippen LogP contribution in [0.1, 0.15) is 59.1 Å². The first-order chi connectivity index (χ1) is 40.4. The van der Waals surface area contributed by atoms with Crippen molar-refractivity contribution >= 4 is 74.3 Å². The van der Waals surface area contributed by atoms with Crippen molar-refractivity contribution in [2.45, 2.75) is 19.1 Å². The zero-order valence-electron chi connectivity index (χ0n) is 56.7. The third-order valence-corrected chi connectivity index (χ3v) is 11.5. The minimum atomic E-state index is -3.41. The maximum absolute atomic E-state index is 9.65. The maximum Gasteiger partial charge on any atom is 0.252 e. The summed E-state index contributed by atoms with van der Waals surface area (Å²) < 4.78 is 223. The zero-order valence-corrected chi connectivity index (χ0v) is 31.7. The molecule has 1 aliphatic carbocycles. The number of hydrogen-bond donors (Lipinski definition) is 0. The van der Waals surface area contributed by atoms with Crippen LogP contribution in [0.15, 0.2) is 218 Å². The molecule has 4 heteroatoms. The van der Waals surface area contributed by atoms with E-state index in [2.05, 4.69) is 0 Å². The first kappa shape index (κ1) is 18.4. The molecule has 0 fully saturated rings. The number of anilines is 9. The third kappa shape index (κ3) is 5.45. The van der Waals surface area contributed by atoms with Crippen LogP contribution in [-0.4, -0.2) is 6.71 Å². The van der Waals surface area contributed by atoms with Gasteiger partial charge in [0.05, 0.1) is 26.0 Å². The quantitative estimate of drug-likeness (QED) is 0.155. The molecule has 0 radical (unpaired) electrons. The smallest absolute Gasteiger partial charge is 0.252 e. The fourth-order valence-electron chi connectivity index (χ4n) is 8.96. The van der Waals surface area contributed by atoms with Crippen LogP contribution >= 0.6 is 0 Å². The van der Waals surface area contributed by atoms with E-state index in [1.165, 1.54) is 29.2 Å². The molecule has 9 aromatic carbocycles. The van der Waals surface area contributed by atoms with Crippen molar-refractivity contribution in [3.05, 3.63) is 229 Å². The Morgan fingerprint density at radius 3 is 1.82 bits per heavy atom. The molecule has 288 valence electrons. The molecule has 3 aliphatic rings. The van der Waals surface area contributed by atoms with Crippen molar-refractivity contribution in [1.82, 2.24) is 0 Å². The first-order valence-electron chi connectivity index (χ1n) is 31.7. The second kappa shape index (κ2) is 13.8. The fraction of sp³-hybridized carbons (Fsp3) is 0.0526. The third-order valence-electron chi connectivity index (χ3n) is 11.5. The van der Waals surface area contributed by atoms with Gasteiger partial charge in [-0.2, -0.15) is 0 Å². The molecular weight excluding hydrogens is 737 g/mol. The highest BCUT2D eigenvalue weighted by Crippen LogP contribution is 2.52. The molecule has 0 bridgehead atoms. The van der Waals surface area contributed by atoms with Gasteiger partial charge in [-0.25, -0.2) is 0 Å². The lowest BCUT2D eigenvalue weighted by Crippen LogP contribution is -2.61. The number of fused-ring (bicyclic) bond motifs is 7. The molecule has 61 heavy (non-hydrogen) atoms. The monoisotopic (exact) mass is 805 g/mol. The summed E-state index contributed by atoms with van der Waals surface area (Å²) in [4.78, 5) is 4.06. The summed E-state index contributed by atoms with van der Waals surface area (Å²) in [6.07, 6.45) is 0. The first-order valence-corrected chi connectivity index (χ1v) is 19.2. The number of benzene rings is 9. The zero-order chi connectivity index (χ0) is 62.2. The lowest BCUT2D eigenvalue weighted by atomic mass is 9.33. The van der Waals surface area contributed by atoms with Gasteiger partial charge >= 0.3 is 0 Å². The van der Waals surface area contributed by atoms with Gasteiger partial charge in [-0.3, -0.25) is 0 Å². The molecule has 12 rings (SSSR count). The van der Waals surface area contributed by atoms with E-state index in [0.29, 0.717) is 39.1 Å². The second-order valence-corrected chi connectivity index (χ2v) is 14.7. The van der Waals surface area contributed by atoms with Crippen molar-refractivity contribution < 1.29 is 34.3 Å². The number of hydrogen-bond acceptors (Lipinski definition) is 3. The van der Waals surface area contributed by atoms with Gasteiger partial charge in [0.2, 0.25) is 0 Å². The van der Waals surface area contributed by atoms with Crippen LogP contribution in [-0.2, 0) is 5.41 Å². The van der Waals surface area contributed by atoms with Crippen LogP contribution in [0.2, 0.25) is 0 Å². The van der Waals surface area contributed by atoms with Gasteiger partial charge in [-0.1, -0.05) is 141 Å². The highest BCUT2D eigenvalue weighted by Gasteiger charge is 2.43. The van der Waals surface area contributed by atoms with Gasteiger partial charge < -0.3 is 14.7 Å². The molecule has 3 nitrogen and oxygen atoms in total. The van der Waals surface area contributed by atoms with Crippen molar-refractivity contribution in [1.29, 1.82) is 0 Å². The maximum atomic E-state index is 9.65. The van der Waals surface area contributed by atoms with Gasteiger partial charge in [0.15, 0.2) is 0 Å². The minimum Gasteiger partial charge on any atom is -0.311 e. The molecule has 2 aliphatic heterocycles. The van der Waals surface area contributed by atoms with Gasteiger partial charge in [0.1, 0.15) is 0 Å². The van der Waals surface area contributed by atoms with E-state index in [-0.39, 0.29) is 50.5 Å². The number of rotatable bonds is 6. The summed E-state index contributed by atoms with van der Waals surface area (Å²) in [6, 6.07) is 13.9. The summed E-state index contributed by atoms with van der Waals surface area (Å²) in [5.74, 6) is 0. The largest absolute Gasteiger partial charge is 0.311 e. The molecule has 0 saturated heterocycles. The van der Waals surface area contributed by atoms with Crippen LogP contribution in [0.25, 0.3) is 22.3 Å². The average molecular weight is 805 g/mol. The minimum absolute atomic E-state index is 0.0222. The molecule has 0 amide bonds. The topological polar surface area (TPSA) is 9.72 Å². The summed E-state index contributed by atoms with van der Waals surface area (Å²) >= 11 is 0. The Labute approximate surface area is 393 Å². The van der Waals surface area contributed by atoms with E-state index in [1.807, 2.05) is 41.3 Å². The van der Waals surface area contributed by atoms with Crippen LogP contribution in [0.3, 0.4) is 0 Å². The standard InChI is InChI=1S/C57H42BN3/c1-57(2)48-34-30-39(36-47(48)46-33-32-45(38-49(46)57)59(41-18-7-3-8-19-41)42-20-9-4-10-21-42)40-31-35-53-51(37-40)58-50-26-15-16-27-52(50)60(43-22-11-5-12-23-43)54-28-17-29-55(56(54)58)61(53)44-24-13-6-14-25-44/h3-38H,1-2H3/i1D3,2D3,3D,4D,5D,7D,8D,9D,10D,11D,12D,15D,16D,18D,19D,20D,21D,22D,23D,26D,27D. The van der Waals surface area contributed by atoms with Crippen LogP contribution in [0.4, 0.5) is 51.2 Å². The summed E-state index contributed by atoms with van der Waals surface area (Å²) in [7, 11) is 0. The van der Waals surface area contributed by atoms with Gasteiger partial charge in [-0.05, 0) is 141 Å². The number of nitrogens with zero attached hydrogens (tertiary/aromatic N) is 3. The number of para-hydroxylation sites is 5. The van der Waals surface area contributed by atoms with Gasteiger partial charge in [0, 0.05) is 64.8 Å². The van der Waals surface area contributed by atoms with Crippen molar-refractivity contribution in [3.63, 3.8) is 0 Å². The van der Waals surface area contributed by atoms with Crippen molar-refractivity contribution in [3.8, 4) is 22.3 Å². The Hall–Kier alpha value is -7.56. The summed E-state index contributed by atoms with van der Waals surface area (Å²) in [6.45, 7) is -7.87. The SMILES string of the molecule is [2H]c1c([2H])c([2H])c(N(c2ccc3c(c2)C(C([2H])([2H])[2H])(C([2H])([2H])[2H])c2ccc(-c4ccc5c(c4)B4c6c(cccc6N(c6c([2H])c([2H])c([2H])c([2H])c6[2H])c6c([2H])c([2H])c([2H])c([2H])c64)N5c4ccccc4)cc2-3)c2c([2H])c([2H])c([2H])c([2H])c2[2H])c([2H])c1[2H]. The molecule has 9 aromatic rings. The lowest BCUT2D eigenvalue weighted by Gasteiger charge is -2.44. The van der Waals surface area contributed by atoms with E-state index in [1.54, 1.807) is 36.4 Å².